The quantitative estimate of drug-likeness (QED) is 0.395. The Hall–Kier alpha value is -3.66. The largest absolute Gasteiger partial charge is 0.364 e. The number of nitrogens with one attached hydrogen (secondary N) is 1. The fourth-order valence-corrected chi connectivity index (χ4v) is 5.47. The van der Waals surface area contributed by atoms with Crippen molar-refractivity contribution in [3.05, 3.63) is 48.4 Å². The maximum Gasteiger partial charge on any atom is 0.229 e. The first-order valence-electron chi connectivity index (χ1n) is 13.4. The monoisotopic (exact) mass is 500 g/mol. The summed E-state index contributed by atoms with van der Waals surface area (Å²) in [4.78, 5) is 19.1. The Morgan fingerprint density at radius 3 is 2.57 bits per heavy atom. The lowest BCUT2D eigenvalue weighted by Crippen LogP contribution is -2.40. The molecule has 4 heterocycles. The molecule has 0 radical (unpaired) electrons. The fourth-order valence-electron chi connectivity index (χ4n) is 5.47. The first-order valence-corrected chi connectivity index (χ1v) is 13.4. The first kappa shape index (κ1) is 23.7. The van der Waals surface area contributed by atoms with E-state index in [0.29, 0.717) is 12.6 Å². The van der Waals surface area contributed by atoms with Crippen molar-refractivity contribution in [1.29, 1.82) is 0 Å². The summed E-state index contributed by atoms with van der Waals surface area (Å²) in [5.41, 5.74) is 10.1. The molecular formula is C27H36N10. The van der Waals surface area contributed by atoms with Crippen molar-refractivity contribution in [2.45, 2.75) is 57.2 Å². The van der Waals surface area contributed by atoms with E-state index in [1.807, 2.05) is 48.3 Å². The summed E-state index contributed by atoms with van der Waals surface area (Å²) in [6.07, 6.45) is 10.7. The van der Waals surface area contributed by atoms with Crippen LogP contribution in [0.3, 0.4) is 0 Å². The van der Waals surface area contributed by atoms with E-state index in [0.717, 1.165) is 65.9 Å². The molecular weight excluding hydrogens is 464 g/mol. The molecule has 1 aliphatic carbocycles. The van der Waals surface area contributed by atoms with E-state index in [4.69, 9.17) is 25.8 Å². The molecule has 6 rings (SSSR count). The van der Waals surface area contributed by atoms with Crippen molar-refractivity contribution in [1.82, 2.24) is 29.3 Å². The van der Waals surface area contributed by atoms with E-state index in [1.54, 1.807) is 0 Å². The van der Waals surface area contributed by atoms with Gasteiger partial charge in [-0.2, -0.15) is 15.1 Å². The van der Waals surface area contributed by atoms with Gasteiger partial charge in [-0.25, -0.2) is 9.67 Å². The topological polar surface area (TPSA) is 106 Å². The van der Waals surface area contributed by atoms with Crippen LogP contribution in [0.25, 0.3) is 16.9 Å². The van der Waals surface area contributed by atoms with Gasteiger partial charge in [-0.05, 0) is 37.3 Å². The minimum Gasteiger partial charge on any atom is -0.364 e. The van der Waals surface area contributed by atoms with Gasteiger partial charge in [0.15, 0.2) is 17.0 Å². The molecule has 3 N–H and O–H groups in total. The highest BCUT2D eigenvalue weighted by Gasteiger charge is 2.25. The van der Waals surface area contributed by atoms with Gasteiger partial charge < -0.3 is 25.4 Å². The SMILES string of the molecule is CN(C)c1ccn(-c2ccccc2CNc2nc(N3CCC(N)CC3)nc3c2ncn3C2CCCC2)n1. The molecule has 2 aliphatic rings. The van der Waals surface area contributed by atoms with Crippen LogP contribution < -0.4 is 20.9 Å². The van der Waals surface area contributed by atoms with Gasteiger partial charge in [-0.1, -0.05) is 31.0 Å². The Balaban J connectivity index is 1.33. The normalized spacial score (nSPS) is 17.1. The number of para-hydroxylation sites is 1. The Bertz CT molecular complexity index is 1360. The summed E-state index contributed by atoms with van der Waals surface area (Å²) in [6, 6.07) is 11.1. The third-order valence-electron chi connectivity index (χ3n) is 7.67. The van der Waals surface area contributed by atoms with Crippen LogP contribution in [-0.2, 0) is 6.54 Å². The summed E-state index contributed by atoms with van der Waals surface area (Å²) in [5, 5.41) is 8.34. The maximum atomic E-state index is 6.17. The molecule has 3 aromatic heterocycles. The lowest BCUT2D eigenvalue weighted by Gasteiger charge is -2.30. The van der Waals surface area contributed by atoms with Crippen molar-refractivity contribution in [2.75, 3.05) is 42.3 Å². The second-order valence-electron chi connectivity index (χ2n) is 10.5. The van der Waals surface area contributed by atoms with E-state index in [2.05, 4.69) is 33.0 Å². The van der Waals surface area contributed by atoms with Gasteiger partial charge in [-0.15, -0.1) is 0 Å². The molecule has 0 unspecified atom stereocenters. The average molecular weight is 501 g/mol. The molecule has 0 bridgehead atoms. The first-order chi connectivity index (χ1) is 18.1. The number of nitrogens with two attached hydrogens (primary N) is 1. The molecule has 1 saturated heterocycles. The minimum absolute atomic E-state index is 0.258. The number of anilines is 3. The molecule has 37 heavy (non-hydrogen) atoms. The van der Waals surface area contributed by atoms with Crippen LogP contribution in [0.1, 0.15) is 50.1 Å². The lowest BCUT2D eigenvalue weighted by molar-refractivity contribution is 0.495. The standard InChI is InChI=1S/C27H36N10/c1-34(2)23-13-16-37(33-23)22-10-6-3-7-19(22)17-29-25-24-26(36(18-30-24)21-8-4-5-9-21)32-27(31-25)35-14-11-20(28)12-15-35/h3,6-7,10,13,16,18,20-21H,4-5,8-9,11-12,14-15,17,28H2,1-2H3,(H,29,31,32). The van der Waals surface area contributed by atoms with Crippen molar-refractivity contribution >= 4 is 28.7 Å². The number of piperidine rings is 1. The van der Waals surface area contributed by atoms with Gasteiger partial charge in [0.05, 0.1) is 12.0 Å². The molecule has 2 fully saturated rings. The van der Waals surface area contributed by atoms with Crippen molar-refractivity contribution in [3.8, 4) is 5.69 Å². The van der Waals surface area contributed by atoms with Crippen molar-refractivity contribution in [2.24, 2.45) is 5.73 Å². The van der Waals surface area contributed by atoms with Crippen LogP contribution in [0, 0.1) is 0 Å². The zero-order valence-corrected chi connectivity index (χ0v) is 21.7. The summed E-state index contributed by atoms with van der Waals surface area (Å²) >= 11 is 0. The molecule has 4 aromatic rings. The zero-order chi connectivity index (χ0) is 25.4. The smallest absolute Gasteiger partial charge is 0.229 e. The van der Waals surface area contributed by atoms with E-state index in [9.17, 15) is 0 Å². The number of fused-ring (bicyclic) bond motifs is 1. The van der Waals surface area contributed by atoms with Crippen molar-refractivity contribution < 1.29 is 0 Å². The Labute approximate surface area is 217 Å². The lowest BCUT2D eigenvalue weighted by atomic mass is 10.1. The van der Waals surface area contributed by atoms with E-state index >= 15 is 0 Å². The van der Waals surface area contributed by atoms with Crippen LogP contribution in [0.15, 0.2) is 42.9 Å². The third-order valence-corrected chi connectivity index (χ3v) is 7.67. The number of rotatable bonds is 7. The molecule has 10 heteroatoms. The number of hydrogen-bond donors (Lipinski definition) is 2. The highest BCUT2D eigenvalue weighted by molar-refractivity contribution is 5.84. The fraction of sp³-hybridized carbons (Fsp3) is 0.481. The molecule has 0 spiro atoms. The number of imidazole rings is 1. The predicted molar refractivity (Wildman–Crippen MR) is 147 cm³/mol. The predicted octanol–water partition coefficient (Wildman–Crippen LogP) is 3.73. The Morgan fingerprint density at radius 1 is 1.03 bits per heavy atom. The van der Waals surface area contributed by atoms with Gasteiger partial charge in [0.2, 0.25) is 5.95 Å². The van der Waals surface area contributed by atoms with Crippen LogP contribution in [0.5, 0.6) is 0 Å². The van der Waals surface area contributed by atoms with Crippen LogP contribution in [-0.4, -0.2) is 62.5 Å². The molecule has 0 atom stereocenters. The Morgan fingerprint density at radius 2 is 1.81 bits per heavy atom. The van der Waals surface area contributed by atoms with E-state index < -0.39 is 0 Å². The van der Waals surface area contributed by atoms with Crippen LogP contribution >= 0.6 is 0 Å². The molecule has 10 nitrogen and oxygen atoms in total. The van der Waals surface area contributed by atoms with Gasteiger partial charge >= 0.3 is 0 Å². The zero-order valence-electron chi connectivity index (χ0n) is 21.7. The van der Waals surface area contributed by atoms with E-state index in [-0.39, 0.29) is 6.04 Å². The highest BCUT2D eigenvalue weighted by Crippen LogP contribution is 2.34. The number of benzene rings is 1. The second-order valence-corrected chi connectivity index (χ2v) is 10.5. The maximum absolute atomic E-state index is 6.17. The molecule has 1 saturated carbocycles. The van der Waals surface area contributed by atoms with E-state index in [1.165, 1.54) is 25.7 Å². The Kier molecular flexibility index (Phi) is 6.42. The molecule has 1 aliphatic heterocycles. The second kappa shape index (κ2) is 10.0. The summed E-state index contributed by atoms with van der Waals surface area (Å²) in [6.45, 7) is 2.35. The minimum atomic E-state index is 0.258. The van der Waals surface area contributed by atoms with Crippen molar-refractivity contribution in [3.63, 3.8) is 0 Å². The highest BCUT2D eigenvalue weighted by atomic mass is 15.3. The summed E-state index contributed by atoms with van der Waals surface area (Å²) < 4.78 is 4.20. The molecule has 1 aromatic carbocycles. The van der Waals surface area contributed by atoms with Crippen LogP contribution in [0.2, 0.25) is 0 Å². The number of nitrogens with zero attached hydrogens (tertiary/aromatic N) is 8. The molecule has 0 amide bonds. The average Bonchev–Trinajstić information content (AvgIpc) is 3.68. The van der Waals surface area contributed by atoms with Gasteiger partial charge in [-0.3, -0.25) is 0 Å². The number of aromatic nitrogens is 6. The van der Waals surface area contributed by atoms with Crippen LogP contribution in [0.4, 0.5) is 17.6 Å². The molecule has 194 valence electrons. The summed E-state index contributed by atoms with van der Waals surface area (Å²) in [7, 11) is 4.00. The summed E-state index contributed by atoms with van der Waals surface area (Å²) in [5.74, 6) is 2.46. The number of hydrogen-bond acceptors (Lipinski definition) is 8. The third kappa shape index (κ3) is 4.73. The van der Waals surface area contributed by atoms with Gasteiger partial charge in [0.1, 0.15) is 5.82 Å². The van der Waals surface area contributed by atoms with Gasteiger partial charge in [0.25, 0.3) is 0 Å². The van der Waals surface area contributed by atoms with Gasteiger partial charge in [0, 0.05) is 58.1 Å².